The molecule has 35 heavy (non-hydrogen) atoms. The highest BCUT2D eigenvalue weighted by Gasteiger charge is 2.53. The van der Waals surface area contributed by atoms with Crippen LogP contribution >= 0.6 is 0 Å². The molecule has 1 aromatic rings. The molecule has 5 aliphatic rings. The number of fused-ring (bicyclic) bond motifs is 1. The minimum atomic E-state index is -3.71. The van der Waals surface area contributed by atoms with Crippen LogP contribution in [0.1, 0.15) is 59.3 Å². The second-order valence-corrected chi connectivity index (χ2v) is 13.0. The summed E-state index contributed by atoms with van der Waals surface area (Å²) in [6.45, 7) is 6.06. The number of hydrogen-bond acceptors (Lipinski definition) is 5. The molecule has 0 aromatic heterocycles. The Morgan fingerprint density at radius 1 is 1.14 bits per heavy atom. The molecule has 4 aliphatic carbocycles. The van der Waals surface area contributed by atoms with Gasteiger partial charge in [0.2, 0.25) is 15.9 Å². The van der Waals surface area contributed by atoms with Gasteiger partial charge in [-0.2, -0.15) is 4.31 Å². The first-order valence-corrected chi connectivity index (χ1v) is 14.5. The average molecular weight is 504 g/mol. The Labute approximate surface area is 208 Å². The molecule has 1 N–H and O–H groups in total. The molecule has 1 aliphatic heterocycles. The van der Waals surface area contributed by atoms with Gasteiger partial charge in [-0.25, -0.2) is 8.42 Å². The van der Waals surface area contributed by atoms with Gasteiger partial charge in [0.05, 0.1) is 10.6 Å². The van der Waals surface area contributed by atoms with Crippen LogP contribution in [0.2, 0.25) is 0 Å². The van der Waals surface area contributed by atoms with Crippen LogP contribution in [-0.2, 0) is 19.6 Å². The zero-order chi connectivity index (χ0) is 25.0. The van der Waals surface area contributed by atoms with Crippen LogP contribution in [0, 0.1) is 23.2 Å². The molecule has 4 bridgehead atoms. The third-order valence-corrected chi connectivity index (χ3v) is 10.9. The lowest BCUT2D eigenvalue weighted by molar-refractivity contribution is -0.127. The van der Waals surface area contributed by atoms with Gasteiger partial charge in [0.15, 0.2) is 6.61 Å². The third-order valence-electron chi connectivity index (χ3n) is 8.90. The number of carbonyl (C=O) groups excluding carboxylic acids is 2. The topological polar surface area (TPSA) is 96.0 Å². The van der Waals surface area contributed by atoms with E-state index in [0.29, 0.717) is 24.5 Å². The number of ether oxygens (including phenoxy) is 1. The van der Waals surface area contributed by atoms with Gasteiger partial charge in [-0.1, -0.05) is 13.8 Å². The summed E-state index contributed by atoms with van der Waals surface area (Å²) in [4.78, 5) is 27.4. The standard InChI is InChI=1S/C26H37N3O5S/c1-4-28(5-2)35(32,33)21-6-7-23-22(11-21)29(25(31)16-34-23)15-24(30)27-17(3)26-12-18-8-19(13-26)10-20(9-18)14-26/h6-7,11,17-20H,4-5,8-10,12-16H2,1-3H3,(H,27,30). The SMILES string of the molecule is CCN(CC)S(=O)(=O)c1ccc2c(c1)N(CC(=O)NC(C)C13CC4CC(CC(C4)C1)C3)C(=O)CO2. The quantitative estimate of drug-likeness (QED) is 0.588. The molecule has 2 amide bonds. The van der Waals surface area contributed by atoms with E-state index < -0.39 is 10.0 Å². The highest BCUT2D eigenvalue weighted by atomic mass is 32.2. The number of carbonyl (C=O) groups is 2. The molecule has 0 saturated heterocycles. The van der Waals surface area contributed by atoms with E-state index in [1.165, 1.54) is 59.9 Å². The average Bonchev–Trinajstić information content (AvgIpc) is 2.80. The lowest BCUT2D eigenvalue weighted by Crippen LogP contribution is -2.57. The van der Waals surface area contributed by atoms with E-state index >= 15 is 0 Å². The molecule has 9 heteroatoms. The fourth-order valence-corrected chi connectivity index (χ4v) is 9.00. The Morgan fingerprint density at radius 2 is 1.74 bits per heavy atom. The van der Waals surface area contributed by atoms with Crippen molar-refractivity contribution in [3.05, 3.63) is 18.2 Å². The van der Waals surface area contributed by atoms with Crippen LogP contribution in [0.25, 0.3) is 0 Å². The summed E-state index contributed by atoms with van der Waals surface area (Å²) in [7, 11) is -3.71. The van der Waals surface area contributed by atoms with Gasteiger partial charge in [0.1, 0.15) is 12.3 Å². The Balaban J connectivity index is 1.33. The Morgan fingerprint density at radius 3 is 2.31 bits per heavy atom. The molecule has 1 heterocycles. The molecule has 192 valence electrons. The molecule has 4 fully saturated rings. The van der Waals surface area contributed by atoms with Gasteiger partial charge in [0, 0.05) is 19.1 Å². The summed E-state index contributed by atoms with van der Waals surface area (Å²) in [5, 5.41) is 3.22. The zero-order valence-electron chi connectivity index (χ0n) is 21.0. The van der Waals surface area contributed by atoms with E-state index in [0.717, 1.165) is 17.8 Å². The summed E-state index contributed by atoms with van der Waals surface area (Å²) in [5.41, 5.74) is 0.495. The summed E-state index contributed by atoms with van der Waals surface area (Å²) >= 11 is 0. The van der Waals surface area contributed by atoms with Crippen LogP contribution in [-0.4, -0.2) is 56.8 Å². The maximum Gasteiger partial charge on any atom is 0.265 e. The predicted octanol–water partition coefficient (Wildman–Crippen LogP) is 3.16. The summed E-state index contributed by atoms with van der Waals surface area (Å²) in [6, 6.07) is 4.57. The van der Waals surface area contributed by atoms with Crippen molar-refractivity contribution in [1.29, 1.82) is 0 Å². The number of hydrogen-bond donors (Lipinski definition) is 1. The van der Waals surface area contributed by atoms with Gasteiger partial charge in [0.25, 0.3) is 5.91 Å². The van der Waals surface area contributed by atoms with Crippen LogP contribution in [0.4, 0.5) is 5.69 Å². The van der Waals surface area contributed by atoms with Gasteiger partial charge in [-0.05, 0) is 86.8 Å². The molecule has 6 rings (SSSR count). The van der Waals surface area contributed by atoms with Crippen LogP contribution in [0.3, 0.4) is 0 Å². The van der Waals surface area contributed by atoms with E-state index in [9.17, 15) is 18.0 Å². The van der Waals surface area contributed by atoms with Crippen LogP contribution < -0.4 is 15.0 Å². The van der Waals surface area contributed by atoms with E-state index in [1.54, 1.807) is 19.9 Å². The van der Waals surface area contributed by atoms with Gasteiger partial charge in [-0.3, -0.25) is 14.5 Å². The first-order valence-electron chi connectivity index (χ1n) is 13.0. The fraction of sp³-hybridized carbons (Fsp3) is 0.692. The number of nitrogens with zero attached hydrogens (tertiary/aromatic N) is 2. The zero-order valence-corrected chi connectivity index (χ0v) is 21.8. The number of benzene rings is 1. The Bertz CT molecular complexity index is 1080. The maximum absolute atomic E-state index is 13.2. The number of amides is 2. The smallest absolute Gasteiger partial charge is 0.265 e. The molecule has 0 spiro atoms. The molecular weight excluding hydrogens is 466 g/mol. The number of anilines is 1. The van der Waals surface area contributed by atoms with Crippen LogP contribution in [0.15, 0.2) is 23.1 Å². The first kappa shape index (κ1) is 24.6. The highest BCUT2D eigenvalue weighted by Crippen LogP contribution is 2.61. The predicted molar refractivity (Wildman–Crippen MR) is 133 cm³/mol. The largest absolute Gasteiger partial charge is 0.482 e. The van der Waals surface area contributed by atoms with Crippen molar-refractivity contribution in [2.45, 2.75) is 70.2 Å². The second kappa shape index (κ2) is 9.07. The summed E-state index contributed by atoms with van der Waals surface area (Å²) < 4.78 is 33.0. The minimum Gasteiger partial charge on any atom is -0.482 e. The van der Waals surface area contributed by atoms with Gasteiger partial charge < -0.3 is 10.1 Å². The van der Waals surface area contributed by atoms with Gasteiger partial charge in [-0.15, -0.1) is 0 Å². The van der Waals surface area contributed by atoms with Crippen molar-refractivity contribution in [3.63, 3.8) is 0 Å². The molecule has 0 radical (unpaired) electrons. The van der Waals surface area contributed by atoms with Crippen molar-refractivity contribution in [1.82, 2.24) is 9.62 Å². The van der Waals surface area contributed by atoms with Crippen molar-refractivity contribution in [2.24, 2.45) is 23.2 Å². The normalized spacial score (nSPS) is 30.2. The number of sulfonamides is 1. The lowest BCUT2D eigenvalue weighted by Gasteiger charge is -2.59. The highest BCUT2D eigenvalue weighted by molar-refractivity contribution is 7.89. The molecule has 1 atom stereocenters. The molecule has 8 nitrogen and oxygen atoms in total. The summed E-state index contributed by atoms with van der Waals surface area (Å²) in [5.74, 6) is 2.21. The van der Waals surface area contributed by atoms with E-state index in [1.807, 2.05) is 0 Å². The number of rotatable bonds is 8. The van der Waals surface area contributed by atoms with E-state index in [-0.39, 0.29) is 41.3 Å². The van der Waals surface area contributed by atoms with E-state index in [2.05, 4.69) is 12.2 Å². The Hall–Kier alpha value is -2.13. The molecular formula is C26H37N3O5S. The third kappa shape index (κ3) is 4.35. The first-order chi connectivity index (χ1) is 16.6. The maximum atomic E-state index is 13.2. The monoisotopic (exact) mass is 503 g/mol. The summed E-state index contributed by atoms with van der Waals surface area (Å²) in [6.07, 6.45) is 7.60. The van der Waals surface area contributed by atoms with Crippen molar-refractivity contribution in [3.8, 4) is 5.75 Å². The van der Waals surface area contributed by atoms with Gasteiger partial charge >= 0.3 is 0 Å². The minimum absolute atomic E-state index is 0.0494. The molecule has 4 saturated carbocycles. The van der Waals surface area contributed by atoms with E-state index in [4.69, 9.17) is 4.74 Å². The van der Waals surface area contributed by atoms with Crippen molar-refractivity contribution >= 4 is 27.5 Å². The Kier molecular flexibility index (Phi) is 6.36. The lowest BCUT2D eigenvalue weighted by atomic mass is 9.48. The second-order valence-electron chi connectivity index (χ2n) is 11.1. The van der Waals surface area contributed by atoms with Crippen molar-refractivity contribution < 1.29 is 22.7 Å². The number of nitrogens with one attached hydrogen (secondary N) is 1. The van der Waals surface area contributed by atoms with Crippen molar-refractivity contribution in [2.75, 3.05) is 31.1 Å². The van der Waals surface area contributed by atoms with Crippen LogP contribution in [0.5, 0.6) is 5.75 Å². The molecule has 1 unspecified atom stereocenters. The molecule has 1 aromatic carbocycles. The fourth-order valence-electron chi connectivity index (χ4n) is 7.52.